The SMILES string of the molecule is CC(C)(C)OC(=O)Nc1csc(C(=O)N2CCc3c2ccc2[nH]c(C(=O)N4C[C@H](CCl)c5c4cc(O)c4ccccc54)cc32)c1. The average molecular weight is 643 g/mol. The number of hydrogen-bond acceptors (Lipinski definition) is 6. The monoisotopic (exact) mass is 642 g/mol. The summed E-state index contributed by atoms with van der Waals surface area (Å²) in [5.74, 6) is 0.0304. The molecule has 2 aliphatic heterocycles. The number of aromatic hydroxyl groups is 1. The van der Waals surface area contributed by atoms with E-state index in [1.807, 2.05) is 42.5 Å². The van der Waals surface area contributed by atoms with Crippen molar-refractivity contribution in [1.82, 2.24) is 4.98 Å². The highest BCUT2D eigenvalue weighted by Crippen LogP contribution is 2.46. The third-order valence-corrected chi connectivity index (χ3v) is 9.56. The summed E-state index contributed by atoms with van der Waals surface area (Å²) in [5.41, 5.74) is 4.52. The van der Waals surface area contributed by atoms with Gasteiger partial charge in [0.15, 0.2) is 0 Å². The van der Waals surface area contributed by atoms with Crippen LogP contribution >= 0.6 is 22.9 Å². The summed E-state index contributed by atoms with van der Waals surface area (Å²) in [6.07, 6.45) is 0.0608. The number of alkyl halides is 1. The lowest BCUT2D eigenvalue weighted by molar-refractivity contribution is 0.0635. The number of carbonyl (C=O) groups is 3. The van der Waals surface area contributed by atoms with Gasteiger partial charge >= 0.3 is 6.09 Å². The zero-order valence-corrected chi connectivity index (χ0v) is 26.5. The molecular weight excluding hydrogens is 612 g/mol. The molecule has 0 aliphatic carbocycles. The lowest BCUT2D eigenvalue weighted by Gasteiger charge is -2.19. The number of H-pyrrole nitrogens is 1. The molecular formula is C34H31ClN4O5S. The van der Waals surface area contributed by atoms with Crippen molar-refractivity contribution in [1.29, 1.82) is 0 Å². The van der Waals surface area contributed by atoms with Crippen molar-refractivity contribution < 1.29 is 24.2 Å². The number of ether oxygens (including phenoxy) is 1. The maximum absolute atomic E-state index is 14.0. The molecule has 45 heavy (non-hydrogen) atoms. The second-order valence-electron chi connectivity index (χ2n) is 12.4. The van der Waals surface area contributed by atoms with Gasteiger partial charge in [0.05, 0.1) is 16.3 Å². The highest BCUT2D eigenvalue weighted by atomic mass is 35.5. The standard InChI is InChI=1S/C34H31ClN4O5S/c1-34(2,3)44-33(43)36-19-12-29(45-17-19)32(42)38-11-10-20-23-13-25(37-24(23)8-9-26(20)38)31(41)39-16-18(15-35)30-22-7-5-4-6-21(22)28(40)14-27(30)39/h4-9,12-14,17-18,37,40H,10-11,15-16H2,1-3H3,(H,36,43)/t18-/m0/s1. The van der Waals surface area contributed by atoms with Crippen LogP contribution in [0.3, 0.4) is 0 Å². The van der Waals surface area contributed by atoms with Crippen molar-refractivity contribution in [3.05, 3.63) is 81.7 Å². The van der Waals surface area contributed by atoms with E-state index in [4.69, 9.17) is 16.3 Å². The average Bonchev–Trinajstić information content (AvgIpc) is 3.79. The van der Waals surface area contributed by atoms with Crippen LogP contribution in [-0.2, 0) is 11.2 Å². The maximum atomic E-state index is 14.0. The molecule has 3 N–H and O–H groups in total. The predicted octanol–water partition coefficient (Wildman–Crippen LogP) is 7.62. The molecule has 11 heteroatoms. The number of fused-ring (bicyclic) bond motifs is 6. The molecule has 0 spiro atoms. The smallest absolute Gasteiger partial charge is 0.412 e. The molecule has 230 valence electrons. The van der Waals surface area contributed by atoms with Gasteiger partial charge in [0.2, 0.25) is 0 Å². The van der Waals surface area contributed by atoms with Crippen LogP contribution in [0.5, 0.6) is 5.75 Å². The maximum Gasteiger partial charge on any atom is 0.412 e. The van der Waals surface area contributed by atoms with Crippen LogP contribution in [0.1, 0.15) is 58.0 Å². The first-order valence-electron chi connectivity index (χ1n) is 14.7. The quantitative estimate of drug-likeness (QED) is 0.175. The Morgan fingerprint density at radius 2 is 1.80 bits per heavy atom. The van der Waals surface area contributed by atoms with Gasteiger partial charge in [-0.2, -0.15) is 0 Å². The van der Waals surface area contributed by atoms with E-state index in [-0.39, 0.29) is 23.5 Å². The summed E-state index contributed by atoms with van der Waals surface area (Å²) >= 11 is 7.64. The van der Waals surface area contributed by atoms with E-state index in [0.717, 1.165) is 38.5 Å². The second kappa shape index (κ2) is 10.8. The minimum atomic E-state index is -0.629. The van der Waals surface area contributed by atoms with Gasteiger partial charge in [0.25, 0.3) is 11.8 Å². The molecule has 4 heterocycles. The van der Waals surface area contributed by atoms with Crippen molar-refractivity contribution in [2.24, 2.45) is 0 Å². The fourth-order valence-electron chi connectivity index (χ4n) is 6.40. The van der Waals surface area contributed by atoms with E-state index in [0.29, 0.717) is 47.3 Å². The molecule has 0 unspecified atom stereocenters. The first kappa shape index (κ1) is 29.2. The molecule has 0 saturated carbocycles. The molecule has 0 radical (unpaired) electrons. The molecule has 2 aliphatic rings. The number of phenolic OH excluding ortho intramolecular Hbond substituents is 1. The highest BCUT2D eigenvalue weighted by molar-refractivity contribution is 7.12. The number of halogens is 1. The number of anilines is 3. The van der Waals surface area contributed by atoms with E-state index in [2.05, 4.69) is 10.3 Å². The number of rotatable bonds is 4. The molecule has 0 bridgehead atoms. The number of carbonyl (C=O) groups excluding carboxylic acids is 3. The van der Waals surface area contributed by atoms with Crippen molar-refractivity contribution in [2.75, 3.05) is 34.1 Å². The number of thiophene rings is 1. The number of nitrogens with one attached hydrogen (secondary N) is 2. The van der Waals surface area contributed by atoms with Crippen molar-refractivity contribution in [3.8, 4) is 5.75 Å². The number of phenols is 1. The third kappa shape index (κ3) is 5.07. The summed E-state index contributed by atoms with van der Waals surface area (Å²) < 4.78 is 5.31. The molecule has 7 rings (SSSR count). The molecule has 0 saturated heterocycles. The zero-order valence-electron chi connectivity index (χ0n) is 24.9. The Balaban J connectivity index is 1.15. The van der Waals surface area contributed by atoms with Gasteiger partial charge < -0.3 is 24.6 Å². The van der Waals surface area contributed by atoms with Gasteiger partial charge in [-0.05, 0) is 68.0 Å². The topological polar surface area (TPSA) is 115 Å². The lowest BCUT2D eigenvalue weighted by atomic mass is 9.95. The summed E-state index contributed by atoms with van der Waals surface area (Å²) in [4.78, 5) is 46.9. The van der Waals surface area contributed by atoms with Gasteiger partial charge in [0.1, 0.15) is 17.0 Å². The summed E-state index contributed by atoms with van der Waals surface area (Å²) in [7, 11) is 0. The van der Waals surface area contributed by atoms with Crippen molar-refractivity contribution >= 4 is 79.6 Å². The Labute approximate surface area is 268 Å². The van der Waals surface area contributed by atoms with E-state index in [9.17, 15) is 19.5 Å². The van der Waals surface area contributed by atoms with Crippen molar-refractivity contribution in [3.63, 3.8) is 0 Å². The van der Waals surface area contributed by atoms with E-state index in [1.165, 1.54) is 11.3 Å². The fraction of sp³-hybridized carbons (Fsp3) is 0.265. The number of amides is 3. The Morgan fingerprint density at radius 1 is 1.02 bits per heavy atom. The Kier molecular flexibility index (Phi) is 7.02. The van der Waals surface area contributed by atoms with Crippen LogP contribution < -0.4 is 15.1 Å². The van der Waals surface area contributed by atoms with Crippen LogP contribution in [0.4, 0.5) is 21.9 Å². The van der Waals surface area contributed by atoms with Gasteiger partial charge in [-0.1, -0.05) is 24.3 Å². The highest BCUT2D eigenvalue weighted by Gasteiger charge is 2.36. The van der Waals surface area contributed by atoms with Gasteiger partial charge in [-0.15, -0.1) is 22.9 Å². The number of hydrogen-bond donors (Lipinski definition) is 3. The first-order valence-corrected chi connectivity index (χ1v) is 16.1. The normalized spacial score (nSPS) is 15.9. The van der Waals surface area contributed by atoms with Crippen LogP contribution in [0.25, 0.3) is 21.7 Å². The summed E-state index contributed by atoms with van der Waals surface area (Å²) in [6.45, 7) is 6.27. The van der Waals surface area contributed by atoms with Gasteiger partial charge in [-0.25, -0.2) is 4.79 Å². The Morgan fingerprint density at radius 3 is 2.56 bits per heavy atom. The number of nitrogens with zero attached hydrogens (tertiary/aromatic N) is 2. The molecule has 1 atom stereocenters. The van der Waals surface area contributed by atoms with E-state index in [1.54, 1.807) is 48.1 Å². The number of aromatic amines is 1. The Hall–Kier alpha value is -4.54. The molecule has 0 fully saturated rings. The van der Waals surface area contributed by atoms with Gasteiger partial charge in [-0.3, -0.25) is 14.9 Å². The Bertz CT molecular complexity index is 2030. The summed E-state index contributed by atoms with van der Waals surface area (Å²) in [5, 5.41) is 17.7. The molecule has 3 aromatic carbocycles. The predicted molar refractivity (Wildman–Crippen MR) is 179 cm³/mol. The van der Waals surface area contributed by atoms with Crippen LogP contribution in [0.2, 0.25) is 0 Å². The fourth-order valence-corrected chi connectivity index (χ4v) is 7.44. The van der Waals surface area contributed by atoms with Crippen LogP contribution in [0.15, 0.2) is 60.0 Å². The molecule has 9 nitrogen and oxygen atoms in total. The van der Waals surface area contributed by atoms with E-state index < -0.39 is 11.7 Å². The third-order valence-electron chi connectivity index (χ3n) is 8.27. The van der Waals surface area contributed by atoms with Gasteiger partial charge in [0, 0.05) is 58.3 Å². The second-order valence-corrected chi connectivity index (χ2v) is 13.6. The minimum absolute atomic E-state index is 0.0681. The summed E-state index contributed by atoms with van der Waals surface area (Å²) in [6, 6.07) is 16.6. The first-order chi connectivity index (χ1) is 21.5. The largest absolute Gasteiger partial charge is 0.507 e. The molecule has 3 amide bonds. The number of aromatic nitrogens is 1. The lowest BCUT2D eigenvalue weighted by Crippen LogP contribution is -2.30. The molecule has 5 aromatic rings. The molecule has 2 aromatic heterocycles. The minimum Gasteiger partial charge on any atom is -0.507 e. The number of benzene rings is 3. The van der Waals surface area contributed by atoms with Crippen LogP contribution in [-0.4, -0.2) is 52.6 Å². The zero-order chi connectivity index (χ0) is 31.6. The van der Waals surface area contributed by atoms with Crippen LogP contribution in [0, 0.1) is 0 Å². The van der Waals surface area contributed by atoms with E-state index >= 15 is 0 Å². The van der Waals surface area contributed by atoms with Crippen molar-refractivity contribution in [2.45, 2.75) is 38.7 Å².